The van der Waals surface area contributed by atoms with Gasteiger partial charge in [0.2, 0.25) is 10.0 Å². The minimum atomic E-state index is -3.12. The molecule has 1 rings (SSSR count). The van der Waals surface area contributed by atoms with Gasteiger partial charge in [-0.25, -0.2) is 13.1 Å². The molecule has 0 saturated heterocycles. The number of hydrogen-bond donors (Lipinski definition) is 2. The number of nitrogens with one attached hydrogen (secondary N) is 2. The first-order valence-corrected chi connectivity index (χ1v) is 8.60. The van der Waals surface area contributed by atoms with Crippen molar-refractivity contribution in [3.63, 3.8) is 0 Å². The maximum atomic E-state index is 11.5. The fourth-order valence-corrected chi connectivity index (χ4v) is 3.89. The van der Waals surface area contributed by atoms with E-state index >= 15 is 0 Å². The summed E-state index contributed by atoms with van der Waals surface area (Å²) in [7, 11) is -3.12. The SMILES string of the molecule is CCNS(=O)(=O)CCNC(C)c1cc(C)sc1C. The van der Waals surface area contributed by atoms with E-state index in [4.69, 9.17) is 0 Å². The Morgan fingerprint density at radius 2 is 2.06 bits per heavy atom. The number of rotatable bonds is 7. The van der Waals surface area contributed by atoms with Gasteiger partial charge in [0.1, 0.15) is 0 Å². The molecular formula is C12H22N2O2S2. The molecule has 0 saturated carbocycles. The van der Waals surface area contributed by atoms with Gasteiger partial charge in [-0.05, 0) is 32.4 Å². The Morgan fingerprint density at radius 3 is 2.56 bits per heavy atom. The van der Waals surface area contributed by atoms with E-state index in [9.17, 15) is 8.42 Å². The van der Waals surface area contributed by atoms with Gasteiger partial charge >= 0.3 is 0 Å². The van der Waals surface area contributed by atoms with Crippen molar-refractivity contribution >= 4 is 21.4 Å². The molecular weight excluding hydrogens is 268 g/mol. The standard InChI is InChI=1S/C12H22N2O2S2/c1-5-14-18(15,16)7-6-13-10(3)12-8-9(2)17-11(12)4/h8,10,13-14H,5-7H2,1-4H3. The van der Waals surface area contributed by atoms with Crippen LogP contribution in [0.2, 0.25) is 0 Å². The third-order valence-corrected chi connectivity index (χ3v) is 5.18. The van der Waals surface area contributed by atoms with Crippen LogP contribution in [0, 0.1) is 13.8 Å². The van der Waals surface area contributed by atoms with Gasteiger partial charge in [0.05, 0.1) is 5.75 Å². The second-order valence-corrected chi connectivity index (χ2v) is 7.75. The molecule has 0 aliphatic rings. The average Bonchev–Trinajstić information content (AvgIpc) is 2.57. The van der Waals surface area contributed by atoms with Gasteiger partial charge in [-0.2, -0.15) is 0 Å². The van der Waals surface area contributed by atoms with Crippen molar-refractivity contribution in [2.75, 3.05) is 18.8 Å². The second-order valence-electron chi connectivity index (χ2n) is 4.36. The fraction of sp³-hybridized carbons (Fsp3) is 0.667. The first-order valence-electron chi connectivity index (χ1n) is 6.13. The van der Waals surface area contributed by atoms with Gasteiger partial charge in [0, 0.05) is 28.9 Å². The summed E-state index contributed by atoms with van der Waals surface area (Å²) >= 11 is 1.77. The Kier molecular flexibility index (Phi) is 5.78. The van der Waals surface area contributed by atoms with Crippen LogP contribution in [-0.2, 0) is 10.0 Å². The van der Waals surface area contributed by atoms with E-state index in [0.717, 1.165) is 0 Å². The minimum Gasteiger partial charge on any atom is -0.309 e. The first-order chi connectivity index (χ1) is 8.35. The third kappa shape index (κ3) is 4.68. The Morgan fingerprint density at radius 1 is 1.39 bits per heavy atom. The highest BCUT2D eigenvalue weighted by Gasteiger charge is 2.13. The van der Waals surface area contributed by atoms with Crippen LogP contribution in [0.5, 0.6) is 0 Å². The molecule has 2 N–H and O–H groups in total. The largest absolute Gasteiger partial charge is 0.309 e. The van der Waals surface area contributed by atoms with Crippen LogP contribution in [0.15, 0.2) is 6.07 Å². The van der Waals surface area contributed by atoms with Crippen LogP contribution in [0.25, 0.3) is 0 Å². The average molecular weight is 290 g/mol. The topological polar surface area (TPSA) is 58.2 Å². The molecule has 1 heterocycles. The van der Waals surface area contributed by atoms with Crippen LogP contribution in [0.4, 0.5) is 0 Å². The molecule has 18 heavy (non-hydrogen) atoms. The Labute approximate surface area is 114 Å². The molecule has 1 aromatic rings. The highest BCUT2D eigenvalue weighted by atomic mass is 32.2. The monoisotopic (exact) mass is 290 g/mol. The van der Waals surface area contributed by atoms with Crippen LogP contribution in [0.3, 0.4) is 0 Å². The Balaban J connectivity index is 2.47. The predicted octanol–water partition coefficient (Wildman–Crippen LogP) is 1.95. The summed E-state index contributed by atoms with van der Waals surface area (Å²) in [5.74, 6) is 0.118. The van der Waals surface area contributed by atoms with Gasteiger partial charge in [-0.1, -0.05) is 6.92 Å². The normalized spacial score (nSPS) is 13.8. The van der Waals surface area contributed by atoms with Crippen LogP contribution >= 0.6 is 11.3 Å². The highest BCUT2D eigenvalue weighted by Crippen LogP contribution is 2.25. The zero-order valence-electron chi connectivity index (χ0n) is 11.4. The van der Waals surface area contributed by atoms with Crippen LogP contribution in [0.1, 0.15) is 35.2 Å². The molecule has 6 heteroatoms. The van der Waals surface area contributed by atoms with Gasteiger partial charge in [0.15, 0.2) is 0 Å². The molecule has 1 atom stereocenters. The van der Waals surface area contributed by atoms with Crippen molar-refractivity contribution in [1.82, 2.24) is 10.0 Å². The lowest BCUT2D eigenvalue weighted by Gasteiger charge is -2.14. The Hall–Kier alpha value is -0.430. The molecule has 0 aromatic carbocycles. The van der Waals surface area contributed by atoms with Crippen molar-refractivity contribution in [2.45, 2.75) is 33.7 Å². The molecule has 0 bridgehead atoms. The van der Waals surface area contributed by atoms with Crippen molar-refractivity contribution in [3.8, 4) is 0 Å². The Bertz CT molecular complexity index is 480. The summed E-state index contributed by atoms with van der Waals surface area (Å²) < 4.78 is 25.4. The molecule has 0 amide bonds. The summed E-state index contributed by atoms with van der Waals surface area (Å²) in [6, 6.07) is 2.35. The molecule has 0 aliphatic heterocycles. The van der Waals surface area contributed by atoms with E-state index in [2.05, 4.69) is 36.9 Å². The molecule has 104 valence electrons. The highest BCUT2D eigenvalue weighted by molar-refractivity contribution is 7.89. The van der Waals surface area contributed by atoms with Gasteiger partial charge in [-0.15, -0.1) is 11.3 Å². The van der Waals surface area contributed by atoms with Crippen LogP contribution < -0.4 is 10.0 Å². The first kappa shape index (κ1) is 15.6. The predicted molar refractivity (Wildman–Crippen MR) is 77.7 cm³/mol. The van der Waals surface area contributed by atoms with E-state index in [1.807, 2.05) is 0 Å². The molecule has 0 spiro atoms. The zero-order chi connectivity index (χ0) is 13.8. The number of hydrogen-bond acceptors (Lipinski definition) is 4. The maximum absolute atomic E-state index is 11.5. The summed E-state index contributed by atoms with van der Waals surface area (Å²) in [5, 5.41) is 3.26. The summed E-state index contributed by atoms with van der Waals surface area (Å²) in [6.07, 6.45) is 0. The smallest absolute Gasteiger partial charge is 0.212 e. The molecule has 0 radical (unpaired) electrons. The van der Waals surface area contributed by atoms with Crippen molar-refractivity contribution in [3.05, 3.63) is 21.4 Å². The number of thiophene rings is 1. The summed E-state index contributed by atoms with van der Waals surface area (Å²) in [4.78, 5) is 2.58. The number of aryl methyl sites for hydroxylation is 2. The molecule has 1 aromatic heterocycles. The second kappa shape index (κ2) is 6.65. The number of sulfonamides is 1. The fourth-order valence-electron chi connectivity index (χ4n) is 1.89. The van der Waals surface area contributed by atoms with Gasteiger partial charge < -0.3 is 5.32 Å². The van der Waals surface area contributed by atoms with Crippen molar-refractivity contribution in [2.24, 2.45) is 0 Å². The van der Waals surface area contributed by atoms with Crippen molar-refractivity contribution < 1.29 is 8.42 Å². The van der Waals surface area contributed by atoms with E-state index in [1.54, 1.807) is 18.3 Å². The zero-order valence-corrected chi connectivity index (χ0v) is 13.0. The van der Waals surface area contributed by atoms with E-state index in [-0.39, 0.29) is 11.8 Å². The molecule has 0 fully saturated rings. The van der Waals surface area contributed by atoms with E-state index in [1.165, 1.54) is 15.3 Å². The van der Waals surface area contributed by atoms with Gasteiger partial charge in [-0.3, -0.25) is 0 Å². The molecule has 1 unspecified atom stereocenters. The lowest BCUT2D eigenvalue weighted by Crippen LogP contribution is -2.32. The quantitative estimate of drug-likeness (QED) is 0.807. The summed E-state index contributed by atoms with van der Waals surface area (Å²) in [5.41, 5.74) is 1.26. The van der Waals surface area contributed by atoms with E-state index < -0.39 is 10.0 Å². The van der Waals surface area contributed by atoms with Crippen LogP contribution in [-0.4, -0.2) is 27.3 Å². The third-order valence-electron chi connectivity index (χ3n) is 2.73. The maximum Gasteiger partial charge on any atom is 0.212 e. The lowest BCUT2D eigenvalue weighted by atomic mass is 10.1. The summed E-state index contributed by atoms with van der Waals surface area (Å²) in [6.45, 7) is 8.94. The van der Waals surface area contributed by atoms with Crippen molar-refractivity contribution in [1.29, 1.82) is 0 Å². The molecule has 4 nitrogen and oxygen atoms in total. The van der Waals surface area contributed by atoms with E-state index in [0.29, 0.717) is 13.1 Å². The molecule has 0 aliphatic carbocycles. The van der Waals surface area contributed by atoms with Gasteiger partial charge in [0.25, 0.3) is 0 Å². The lowest BCUT2D eigenvalue weighted by molar-refractivity contribution is 0.564. The minimum absolute atomic E-state index is 0.118.